The molecule has 0 aliphatic carbocycles. The molecule has 3 aliphatic heterocycles. The molecular formula is C40H44N2O8. The number of aliphatic hydroxyl groups excluding tert-OH is 1. The van der Waals surface area contributed by atoms with Crippen LogP contribution in [0.1, 0.15) is 62.7 Å². The summed E-state index contributed by atoms with van der Waals surface area (Å²) in [6.45, 7) is 4.40. The Kier molecular flexibility index (Phi) is 9.11. The van der Waals surface area contributed by atoms with Gasteiger partial charge in [-0.2, -0.15) is 0 Å². The van der Waals surface area contributed by atoms with Gasteiger partial charge in [0, 0.05) is 22.3 Å². The third-order valence-electron chi connectivity index (χ3n) is 10.6. The number of aliphatic hydroxyl groups is 1. The summed E-state index contributed by atoms with van der Waals surface area (Å²) in [5.41, 5.74) is 5.90. The van der Waals surface area contributed by atoms with E-state index < -0.39 is 30.3 Å². The minimum Gasteiger partial charge on any atom is -0.507 e. The van der Waals surface area contributed by atoms with Crippen LogP contribution < -0.4 is 18.9 Å². The molecule has 0 aromatic heterocycles. The molecule has 10 nitrogen and oxygen atoms in total. The molecule has 0 radical (unpaired) electrons. The number of methoxy groups -OCH3 is 3. The highest BCUT2D eigenvalue weighted by atomic mass is 16.5. The average molecular weight is 681 g/mol. The van der Waals surface area contributed by atoms with Gasteiger partial charge in [-0.25, -0.2) is 0 Å². The van der Waals surface area contributed by atoms with Crippen LogP contribution in [0.5, 0.6) is 28.7 Å². The minimum atomic E-state index is -1.30. The molecule has 262 valence electrons. The van der Waals surface area contributed by atoms with Crippen molar-refractivity contribution in [1.82, 2.24) is 9.80 Å². The molecule has 2 unspecified atom stereocenters. The predicted molar refractivity (Wildman–Crippen MR) is 187 cm³/mol. The van der Waals surface area contributed by atoms with Crippen LogP contribution in [0.2, 0.25) is 0 Å². The topological polar surface area (TPSA) is 110 Å². The molecule has 5 atom stereocenters. The molecule has 2 bridgehead atoms. The third-order valence-corrected chi connectivity index (χ3v) is 10.6. The normalized spacial score (nSPS) is 22.3. The zero-order valence-corrected chi connectivity index (χ0v) is 29.3. The van der Waals surface area contributed by atoms with E-state index in [0.717, 1.165) is 27.8 Å². The van der Waals surface area contributed by atoms with Gasteiger partial charge in [-0.1, -0.05) is 66.7 Å². The van der Waals surface area contributed by atoms with Crippen LogP contribution in [-0.4, -0.2) is 73.0 Å². The molecule has 3 aliphatic rings. The van der Waals surface area contributed by atoms with Crippen molar-refractivity contribution in [2.75, 3.05) is 35.0 Å². The first-order valence-electron chi connectivity index (χ1n) is 16.9. The van der Waals surface area contributed by atoms with E-state index >= 15 is 0 Å². The van der Waals surface area contributed by atoms with Gasteiger partial charge in [0.05, 0.1) is 58.7 Å². The van der Waals surface area contributed by atoms with Crippen molar-refractivity contribution >= 4 is 5.91 Å². The number of nitrogens with zero attached hydrogens (tertiary/aromatic N) is 2. The number of rotatable bonds is 10. The van der Waals surface area contributed by atoms with Crippen molar-refractivity contribution in [3.63, 3.8) is 0 Å². The molecule has 7 rings (SSSR count). The monoisotopic (exact) mass is 680 g/mol. The number of ether oxygens (including phenoxy) is 5. The maximum absolute atomic E-state index is 14.8. The minimum absolute atomic E-state index is 0.0868. The SMILES string of the molecule is COc1c(C)cc2c(c1OCc1ccccc1)[C@H]1C3C(O)c4c(O)c(C)c(OC)c(OC)c4[C@H](COCc4ccccc4)N3C(=O)[C@H](C2)N1C. The second-order valence-electron chi connectivity index (χ2n) is 13.3. The van der Waals surface area contributed by atoms with E-state index in [1.165, 1.54) is 14.2 Å². The predicted octanol–water partition coefficient (Wildman–Crippen LogP) is 5.73. The van der Waals surface area contributed by atoms with E-state index in [4.69, 9.17) is 23.7 Å². The van der Waals surface area contributed by atoms with E-state index in [9.17, 15) is 15.0 Å². The van der Waals surface area contributed by atoms with Gasteiger partial charge in [0.25, 0.3) is 0 Å². The van der Waals surface area contributed by atoms with Gasteiger partial charge in [-0.05, 0) is 49.6 Å². The quantitative estimate of drug-likeness (QED) is 0.217. The Balaban J connectivity index is 1.41. The van der Waals surface area contributed by atoms with E-state index in [1.54, 1.807) is 18.9 Å². The summed E-state index contributed by atoms with van der Waals surface area (Å²) in [5, 5.41) is 24.3. The summed E-state index contributed by atoms with van der Waals surface area (Å²) in [4.78, 5) is 18.6. The molecule has 4 aromatic rings. The lowest BCUT2D eigenvalue weighted by Gasteiger charge is -2.58. The van der Waals surface area contributed by atoms with Crippen LogP contribution in [-0.2, 0) is 29.2 Å². The number of amides is 1. The Labute approximate surface area is 292 Å². The number of phenolic OH excluding ortho intramolecular Hbond substituents is 1. The Morgan fingerprint density at radius 1 is 0.800 bits per heavy atom. The van der Waals surface area contributed by atoms with Crippen molar-refractivity contribution < 1.29 is 38.7 Å². The molecular weight excluding hydrogens is 636 g/mol. The van der Waals surface area contributed by atoms with Crippen molar-refractivity contribution in [2.45, 2.75) is 63.8 Å². The molecule has 50 heavy (non-hydrogen) atoms. The molecule has 3 heterocycles. The number of benzene rings is 4. The van der Waals surface area contributed by atoms with Gasteiger partial charge in [0.2, 0.25) is 5.91 Å². The van der Waals surface area contributed by atoms with Gasteiger partial charge in [-0.15, -0.1) is 0 Å². The third kappa shape index (κ3) is 5.33. The molecule has 10 heteroatoms. The Morgan fingerprint density at radius 2 is 1.42 bits per heavy atom. The van der Waals surface area contributed by atoms with Gasteiger partial charge in [0.15, 0.2) is 23.0 Å². The molecule has 1 saturated heterocycles. The standard InChI is InChI=1S/C40H44N2O8/c1-22-17-26-18-27-40(45)42-28(21-49-19-24-13-9-7-10-14-24)30-31(34(43)23(2)37(47-5)38(30)48-6)35(44)33(42)32(41(27)3)29(26)39(36(22)46-4)50-20-25-15-11-8-12-16-25/h7-17,27-28,32-33,35,43-44H,18-21H2,1-6H3/t27-,28-,32-,33?,35?/m0/s1. The Hall–Kier alpha value is -4.77. The Morgan fingerprint density at radius 3 is 2.04 bits per heavy atom. The zero-order valence-electron chi connectivity index (χ0n) is 29.3. The van der Waals surface area contributed by atoms with E-state index in [2.05, 4.69) is 6.07 Å². The van der Waals surface area contributed by atoms with Gasteiger partial charge >= 0.3 is 0 Å². The van der Waals surface area contributed by atoms with Gasteiger partial charge in [-0.3, -0.25) is 9.69 Å². The number of aromatic hydroxyl groups is 1. The average Bonchev–Trinajstić information content (AvgIpc) is 3.12. The molecule has 1 fully saturated rings. The van der Waals surface area contributed by atoms with Crippen LogP contribution >= 0.6 is 0 Å². The molecule has 0 saturated carbocycles. The highest BCUT2D eigenvalue weighted by Crippen LogP contribution is 2.59. The van der Waals surface area contributed by atoms with Crippen LogP contribution in [0.15, 0.2) is 66.7 Å². The highest BCUT2D eigenvalue weighted by molar-refractivity contribution is 5.87. The first-order chi connectivity index (χ1) is 24.2. The summed E-state index contributed by atoms with van der Waals surface area (Å²) in [5.74, 6) is 1.63. The largest absolute Gasteiger partial charge is 0.507 e. The summed E-state index contributed by atoms with van der Waals surface area (Å²) in [6, 6.07) is 19.2. The number of hydrogen-bond acceptors (Lipinski definition) is 9. The lowest BCUT2D eigenvalue weighted by Crippen LogP contribution is -2.68. The maximum Gasteiger partial charge on any atom is 0.241 e. The maximum atomic E-state index is 14.8. The molecule has 1 amide bonds. The number of fused-ring (bicyclic) bond motifs is 7. The van der Waals surface area contributed by atoms with E-state index in [0.29, 0.717) is 59.3 Å². The summed E-state index contributed by atoms with van der Waals surface area (Å²) in [7, 11) is 6.58. The number of likely N-dealkylation sites (N-methyl/N-ethyl adjacent to an activating group) is 1. The summed E-state index contributed by atoms with van der Waals surface area (Å²) >= 11 is 0. The molecule has 2 N–H and O–H groups in total. The second kappa shape index (κ2) is 13.5. The summed E-state index contributed by atoms with van der Waals surface area (Å²) in [6.07, 6.45) is -0.858. The lowest BCUT2D eigenvalue weighted by molar-refractivity contribution is -0.169. The first kappa shape index (κ1) is 33.7. The van der Waals surface area contributed by atoms with E-state index in [-0.39, 0.29) is 18.3 Å². The number of carbonyl (C=O) groups is 1. The van der Waals surface area contributed by atoms with Crippen molar-refractivity contribution in [3.8, 4) is 28.7 Å². The van der Waals surface area contributed by atoms with E-state index in [1.807, 2.05) is 79.5 Å². The van der Waals surface area contributed by atoms with Gasteiger partial charge in [0.1, 0.15) is 18.5 Å². The first-order valence-corrected chi connectivity index (χ1v) is 16.9. The van der Waals surface area contributed by atoms with Crippen LogP contribution in [0.25, 0.3) is 0 Å². The molecule has 0 spiro atoms. The van der Waals surface area contributed by atoms with Crippen molar-refractivity contribution in [1.29, 1.82) is 0 Å². The number of hydrogen-bond donors (Lipinski definition) is 2. The van der Waals surface area contributed by atoms with Gasteiger partial charge < -0.3 is 38.8 Å². The van der Waals surface area contributed by atoms with Crippen molar-refractivity contribution in [3.05, 3.63) is 111 Å². The number of phenols is 1. The lowest BCUT2D eigenvalue weighted by atomic mass is 9.72. The number of carbonyl (C=O) groups excluding carboxylic acids is 1. The van der Waals surface area contributed by atoms with Crippen LogP contribution in [0, 0.1) is 13.8 Å². The second-order valence-corrected chi connectivity index (χ2v) is 13.3. The number of aryl methyl sites for hydroxylation is 1. The van der Waals surface area contributed by atoms with Crippen molar-refractivity contribution in [2.24, 2.45) is 0 Å². The zero-order chi connectivity index (χ0) is 35.3. The fourth-order valence-corrected chi connectivity index (χ4v) is 8.32. The highest BCUT2D eigenvalue weighted by Gasteiger charge is 2.59. The van der Waals surface area contributed by atoms with Crippen LogP contribution in [0.4, 0.5) is 0 Å². The number of piperazine rings is 1. The summed E-state index contributed by atoms with van der Waals surface area (Å²) < 4.78 is 30.7. The smallest absolute Gasteiger partial charge is 0.241 e. The Bertz CT molecular complexity index is 1900. The van der Waals surface area contributed by atoms with Crippen LogP contribution in [0.3, 0.4) is 0 Å². The fourth-order valence-electron chi connectivity index (χ4n) is 8.32. The fraction of sp³-hybridized carbons (Fsp3) is 0.375. The molecule has 4 aromatic carbocycles.